The molecule has 2 aromatic rings. The maximum absolute atomic E-state index is 10.6. The van der Waals surface area contributed by atoms with Crippen molar-refractivity contribution in [2.75, 3.05) is 0 Å². The molecule has 0 spiro atoms. The Hall–Kier alpha value is -2.49. The lowest BCUT2D eigenvalue weighted by Crippen LogP contribution is -2.04. The number of hydrogen-bond acceptors (Lipinski definition) is 2. The van der Waals surface area contributed by atoms with Crippen molar-refractivity contribution in [3.05, 3.63) is 65.7 Å². The molecule has 0 aliphatic carbocycles. The molecule has 0 fully saturated rings. The topological polar surface area (TPSA) is 46.5 Å². The summed E-state index contributed by atoms with van der Waals surface area (Å²) in [7, 11) is 1.96. The van der Waals surface area contributed by atoms with Gasteiger partial charge in [-0.05, 0) is 17.7 Å². The molecule has 2 aromatic carbocycles. The fourth-order valence-corrected chi connectivity index (χ4v) is 1.83. The molecule has 20 heavy (non-hydrogen) atoms. The van der Waals surface area contributed by atoms with E-state index in [0.717, 1.165) is 22.7 Å². The van der Waals surface area contributed by atoms with Crippen LogP contribution in [0.1, 0.15) is 11.1 Å². The van der Waals surface area contributed by atoms with Gasteiger partial charge in [0.1, 0.15) is 20.2 Å². The summed E-state index contributed by atoms with van der Waals surface area (Å²) >= 11 is 0. The highest BCUT2D eigenvalue weighted by Crippen LogP contribution is 2.19. The highest BCUT2D eigenvalue weighted by Gasteiger charge is 2.02. The number of carboxylic acids is 1. The minimum atomic E-state index is -0.972. The molecule has 4 heteroatoms. The Labute approximate surface area is 118 Å². The van der Waals surface area contributed by atoms with Crippen LogP contribution < -0.4 is 10.2 Å². The van der Waals surface area contributed by atoms with Crippen LogP contribution in [0.4, 0.5) is 0 Å². The van der Waals surface area contributed by atoms with Crippen LogP contribution in [0.25, 0.3) is 6.08 Å². The average molecular weight is 266 g/mol. The lowest BCUT2D eigenvalue weighted by atomic mass is 9.94. The molecule has 0 aliphatic heterocycles. The van der Waals surface area contributed by atoms with Crippen molar-refractivity contribution in [2.24, 2.45) is 0 Å². The highest BCUT2D eigenvalue weighted by atomic mass is 16.5. The van der Waals surface area contributed by atoms with Crippen molar-refractivity contribution in [2.45, 2.75) is 6.61 Å². The quantitative estimate of drug-likeness (QED) is 0.660. The van der Waals surface area contributed by atoms with Crippen LogP contribution in [0.3, 0.4) is 0 Å². The van der Waals surface area contributed by atoms with Crippen LogP contribution in [0.15, 0.2) is 54.6 Å². The summed E-state index contributed by atoms with van der Waals surface area (Å²) in [5, 5.41) is 8.72. The second kappa shape index (κ2) is 6.61. The summed E-state index contributed by atoms with van der Waals surface area (Å²) < 4.78 is 5.77. The molecule has 0 heterocycles. The number of carboxylic acid groups (broad SMARTS) is 1. The number of rotatable bonds is 5. The van der Waals surface area contributed by atoms with Crippen LogP contribution in [0.2, 0.25) is 0 Å². The highest BCUT2D eigenvalue weighted by molar-refractivity contribution is 6.32. The zero-order chi connectivity index (χ0) is 14.4. The van der Waals surface area contributed by atoms with Crippen LogP contribution in [-0.2, 0) is 11.4 Å². The second-order valence-corrected chi connectivity index (χ2v) is 4.49. The van der Waals surface area contributed by atoms with E-state index in [4.69, 9.17) is 9.84 Å². The van der Waals surface area contributed by atoms with Crippen LogP contribution in [-0.4, -0.2) is 18.9 Å². The molecule has 100 valence electrons. The lowest BCUT2D eigenvalue weighted by molar-refractivity contribution is -0.131. The molecule has 0 aromatic heterocycles. The molecule has 1 N–H and O–H groups in total. The van der Waals surface area contributed by atoms with Crippen LogP contribution in [0, 0.1) is 0 Å². The first-order valence-corrected chi connectivity index (χ1v) is 6.33. The van der Waals surface area contributed by atoms with Gasteiger partial charge >= 0.3 is 5.97 Å². The lowest BCUT2D eigenvalue weighted by Gasteiger charge is -2.10. The van der Waals surface area contributed by atoms with Gasteiger partial charge < -0.3 is 9.84 Å². The zero-order valence-corrected chi connectivity index (χ0v) is 11.2. The monoisotopic (exact) mass is 266 g/mol. The zero-order valence-electron chi connectivity index (χ0n) is 11.2. The first-order valence-electron chi connectivity index (χ1n) is 6.33. The van der Waals surface area contributed by atoms with Crippen molar-refractivity contribution in [1.29, 1.82) is 0 Å². The first-order chi connectivity index (χ1) is 9.65. The van der Waals surface area contributed by atoms with E-state index in [9.17, 15) is 4.79 Å². The van der Waals surface area contributed by atoms with Crippen molar-refractivity contribution in [3.63, 3.8) is 0 Å². The van der Waals surface area contributed by atoms with Gasteiger partial charge in [0.05, 0.1) is 0 Å². The third-order valence-corrected chi connectivity index (χ3v) is 2.81. The summed E-state index contributed by atoms with van der Waals surface area (Å²) in [6.45, 7) is 0.456. The van der Waals surface area contributed by atoms with E-state index in [1.807, 2.05) is 56.4 Å². The van der Waals surface area contributed by atoms with E-state index in [1.165, 1.54) is 0 Å². The smallest absolute Gasteiger partial charge is 0.328 e. The number of carbonyl (C=O) groups is 1. The predicted octanol–water partition coefficient (Wildman–Crippen LogP) is 1.62. The summed E-state index contributed by atoms with van der Waals surface area (Å²) in [6, 6.07) is 15.6. The Morgan fingerprint density at radius 1 is 1.20 bits per heavy atom. The van der Waals surface area contributed by atoms with Crippen LogP contribution >= 0.6 is 0 Å². The molecule has 2 rings (SSSR count). The summed E-state index contributed by atoms with van der Waals surface area (Å²) in [6.07, 6.45) is 2.67. The van der Waals surface area contributed by atoms with Crippen molar-refractivity contribution in [1.82, 2.24) is 0 Å². The van der Waals surface area contributed by atoms with E-state index in [1.54, 1.807) is 6.08 Å². The van der Waals surface area contributed by atoms with Gasteiger partial charge in [0.15, 0.2) is 0 Å². The molecule has 0 saturated carbocycles. The summed E-state index contributed by atoms with van der Waals surface area (Å²) in [4.78, 5) is 10.6. The minimum Gasteiger partial charge on any atom is -0.488 e. The van der Waals surface area contributed by atoms with E-state index in [2.05, 4.69) is 0 Å². The van der Waals surface area contributed by atoms with Crippen LogP contribution in [0.5, 0.6) is 5.75 Å². The number of aliphatic carboxylic acids is 1. The Morgan fingerprint density at radius 2 is 1.95 bits per heavy atom. The third-order valence-electron chi connectivity index (χ3n) is 2.81. The average Bonchev–Trinajstić information content (AvgIpc) is 2.45. The molecule has 0 saturated heterocycles. The fraction of sp³-hybridized carbons (Fsp3) is 0.0625. The summed E-state index contributed by atoms with van der Waals surface area (Å²) in [5.41, 5.74) is 2.90. The Bertz CT molecular complexity index is 621. The van der Waals surface area contributed by atoms with Gasteiger partial charge in [-0.1, -0.05) is 47.9 Å². The largest absolute Gasteiger partial charge is 0.488 e. The summed E-state index contributed by atoms with van der Waals surface area (Å²) in [5.74, 6) is -0.294. The number of benzene rings is 2. The Kier molecular flexibility index (Phi) is 4.61. The number of ether oxygens (including phenoxy) is 1. The van der Waals surface area contributed by atoms with Gasteiger partial charge in [-0.25, -0.2) is 4.79 Å². The Morgan fingerprint density at radius 3 is 2.65 bits per heavy atom. The molecular weight excluding hydrogens is 251 g/mol. The maximum atomic E-state index is 10.6. The molecule has 0 unspecified atom stereocenters. The molecule has 0 bridgehead atoms. The fourth-order valence-electron chi connectivity index (χ4n) is 1.83. The third kappa shape index (κ3) is 4.02. The van der Waals surface area contributed by atoms with Gasteiger partial charge in [0.2, 0.25) is 0 Å². The van der Waals surface area contributed by atoms with Crippen molar-refractivity contribution in [3.8, 4) is 5.75 Å². The normalized spacial score (nSPS) is 10.6. The molecule has 0 atom stereocenters. The molecule has 0 aliphatic rings. The minimum absolute atomic E-state index is 0.456. The van der Waals surface area contributed by atoms with Gasteiger partial charge in [0.25, 0.3) is 0 Å². The Balaban J connectivity index is 2.16. The SMILES string of the molecule is Bc1ccc(OCc2ccccc2)c(/C=C/C(=O)O)c1. The van der Waals surface area contributed by atoms with Gasteiger partial charge in [0, 0.05) is 11.6 Å². The molecule has 0 radical (unpaired) electrons. The second-order valence-electron chi connectivity index (χ2n) is 4.49. The van der Waals surface area contributed by atoms with E-state index >= 15 is 0 Å². The van der Waals surface area contributed by atoms with Gasteiger partial charge in [-0.3, -0.25) is 0 Å². The standard InChI is InChI=1S/C16H15BO3/c17-14-7-8-15(13(10-14)6-9-16(18)19)20-11-12-4-2-1-3-5-12/h1-10H,11,17H2,(H,18,19)/b9-6+. The van der Waals surface area contributed by atoms with E-state index in [-0.39, 0.29) is 0 Å². The van der Waals surface area contributed by atoms with Crippen molar-refractivity contribution >= 4 is 25.4 Å². The molecule has 0 amide bonds. The predicted molar refractivity (Wildman–Crippen MR) is 82.1 cm³/mol. The van der Waals surface area contributed by atoms with Gasteiger partial charge in [-0.15, -0.1) is 0 Å². The first kappa shape index (κ1) is 13.9. The maximum Gasteiger partial charge on any atom is 0.328 e. The van der Waals surface area contributed by atoms with Gasteiger partial charge in [-0.2, -0.15) is 0 Å². The van der Waals surface area contributed by atoms with Crippen molar-refractivity contribution < 1.29 is 14.6 Å². The van der Waals surface area contributed by atoms with E-state index in [0.29, 0.717) is 12.4 Å². The molecule has 3 nitrogen and oxygen atoms in total. The van der Waals surface area contributed by atoms with E-state index < -0.39 is 5.97 Å². The number of hydrogen-bond donors (Lipinski definition) is 1. The molecular formula is C16H15BO3.